The smallest absolute Gasteiger partial charge is 0.115 e. The summed E-state index contributed by atoms with van der Waals surface area (Å²) in [7, 11) is 0. The van der Waals surface area contributed by atoms with Crippen LogP contribution in [0.3, 0.4) is 0 Å². The van der Waals surface area contributed by atoms with Crippen molar-refractivity contribution in [2.45, 2.75) is 25.8 Å². The zero-order chi connectivity index (χ0) is 14.6. The van der Waals surface area contributed by atoms with Crippen molar-refractivity contribution in [3.63, 3.8) is 0 Å². The number of nitrogens with one attached hydrogen (secondary N) is 1. The van der Waals surface area contributed by atoms with E-state index in [4.69, 9.17) is 5.26 Å². The van der Waals surface area contributed by atoms with Gasteiger partial charge in [-0.05, 0) is 49.2 Å². The van der Waals surface area contributed by atoms with Crippen molar-refractivity contribution in [2.75, 3.05) is 5.32 Å². The molecule has 2 N–H and O–H groups in total. The summed E-state index contributed by atoms with van der Waals surface area (Å²) in [5.41, 5.74) is 2.55. The van der Waals surface area contributed by atoms with E-state index < -0.39 is 5.41 Å². The van der Waals surface area contributed by atoms with E-state index in [0.717, 1.165) is 16.8 Å². The Hall–Kier alpha value is -2.47. The second-order valence-electron chi connectivity index (χ2n) is 5.34. The minimum atomic E-state index is -0.469. The fourth-order valence-electron chi connectivity index (χ4n) is 1.94. The van der Waals surface area contributed by atoms with Crippen LogP contribution in [0.4, 0.5) is 5.69 Å². The van der Waals surface area contributed by atoms with Crippen LogP contribution in [0.25, 0.3) is 0 Å². The van der Waals surface area contributed by atoms with Crippen LogP contribution >= 0.6 is 0 Å². The number of phenols is 1. The number of rotatable bonds is 4. The van der Waals surface area contributed by atoms with Crippen molar-refractivity contribution < 1.29 is 5.11 Å². The molecule has 0 saturated carbocycles. The molecule has 0 aliphatic heterocycles. The third-order valence-corrected chi connectivity index (χ3v) is 3.29. The van der Waals surface area contributed by atoms with Gasteiger partial charge in [-0.2, -0.15) is 5.26 Å². The lowest BCUT2D eigenvalue weighted by Gasteiger charge is -2.16. The average molecular weight is 266 g/mol. The van der Waals surface area contributed by atoms with Crippen LogP contribution in [0.2, 0.25) is 0 Å². The van der Waals surface area contributed by atoms with E-state index in [1.807, 2.05) is 50.2 Å². The standard InChI is InChI=1S/C17H18N2O/c1-17(2,12-18)14-6-8-15(9-7-14)19-11-13-4-3-5-16(20)10-13/h3-10,19-20H,11H2,1-2H3. The van der Waals surface area contributed by atoms with E-state index in [0.29, 0.717) is 6.54 Å². The van der Waals surface area contributed by atoms with Gasteiger partial charge in [0.15, 0.2) is 0 Å². The van der Waals surface area contributed by atoms with Crippen molar-refractivity contribution in [3.8, 4) is 11.8 Å². The molecule has 2 rings (SSSR count). The summed E-state index contributed by atoms with van der Waals surface area (Å²) in [5.74, 6) is 0.274. The van der Waals surface area contributed by atoms with Crippen LogP contribution in [0.15, 0.2) is 48.5 Å². The lowest BCUT2D eigenvalue weighted by atomic mass is 9.86. The first kappa shape index (κ1) is 14.0. The van der Waals surface area contributed by atoms with Crippen molar-refractivity contribution in [1.29, 1.82) is 5.26 Å². The fourth-order valence-corrected chi connectivity index (χ4v) is 1.94. The molecular formula is C17H18N2O. The Morgan fingerprint density at radius 3 is 2.45 bits per heavy atom. The summed E-state index contributed by atoms with van der Waals surface area (Å²) < 4.78 is 0. The minimum Gasteiger partial charge on any atom is -0.508 e. The first-order valence-electron chi connectivity index (χ1n) is 6.55. The Kier molecular flexibility index (Phi) is 3.95. The Morgan fingerprint density at radius 1 is 1.15 bits per heavy atom. The molecule has 0 heterocycles. The molecule has 2 aromatic carbocycles. The molecule has 0 aliphatic rings. The maximum Gasteiger partial charge on any atom is 0.115 e. The van der Waals surface area contributed by atoms with Gasteiger partial charge in [0.2, 0.25) is 0 Å². The van der Waals surface area contributed by atoms with Crippen LogP contribution < -0.4 is 5.32 Å². The molecule has 0 saturated heterocycles. The van der Waals surface area contributed by atoms with Gasteiger partial charge in [-0.3, -0.25) is 0 Å². The molecule has 0 aliphatic carbocycles. The van der Waals surface area contributed by atoms with Crippen LogP contribution in [-0.4, -0.2) is 5.11 Å². The molecule has 0 atom stereocenters. The van der Waals surface area contributed by atoms with Gasteiger partial charge in [-0.1, -0.05) is 24.3 Å². The molecule has 0 unspecified atom stereocenters. The number of phenolic OH excluding ortho intramolecular Hbond substituents is 1. The highest BCUT2D eigenvalue weighted by Crippen LogP contribution is 2.23. The van der Waals surface area contributed by atoms with Crippen molar-refractivity contribution in [3.05, 3.63) is 59.7 Å². The Bertz CT molecular complexity index is 624. The highest BCUT2D eigenvalue weighted by atomic mass is 16.3. The summed E-state index contributed by atoms with van der Waals surface area (Å²) in [6.07, 6.45) is 0. The maximum atomic E-state index is 9.40. The monoisotopic (exact) mass is 266 g/mol. The summed E-state index contributed by atoms with van der Waals surface area (Å²) in [6, 6.07) is 17.3. The molecule has 3 heteroatoms. The first-order chi connectivity index (χ1) is 9.51. The van der Waals surface area contributed by atoms with Gasteiger partial charge < -0.3 is 10.4 Å². The summed E-state index contributed by atoms with van der Waals surface area (Å²) in [5, 5.41) is 21.8. The molecule has 102 valence electrons. The SMILES string of the molecule is CC(C)(C#N)c1ccc(NCc2cccc(O)c2)cc1. The number of anilines is 1. The van der Waals surface area contributed by atoms with Gasteiger partial charge in [0.05, 0.1) is 11.5 Å². The predicted octanol–water partition coefficient (Wildman–Crippen LogP) is 3.81. The van der Waals surface area contributed by atoms with E-state index in [1.165, 1.54) is 0 Å². The van der Waals surface area contributed by atoms with Crippen molar-refractivity contribution >= 4 is 5.69 Å². The molecule has 0 spiro atoms. The second kappa shape index (κ2) is 5.66. The Morgan fingerprint density at radius 2 is 1.85 bits per heavy atom. The molecule has 0 bridgehead atoms. The number of aromatic hydroxyl groups is 1. The van der Waals surface area contributed by atoms with E-state index >= 15 is 0 Å². The molecular weight excluding hydrogens is 248 g/mol. The van der Waals surface area contributed by atoms with Crippen LogP contribution in [0, 0.1) is 11.3 Å². The van der Waals surface area contributed by atoms with Crippen LogP contribution in [0.1, 0.15) is 25.0 Å². The molecule has 20 heavy (non-hydrogen) atoms. The minimum absolute atomic E-state index is 0.274. The summed E-state index contributed by atoms with van der Waals surface area (Å²) in [4.78, 5) is 0. The molecule has 2 aromatic rings. The highest BCUT2D eigenvalue weighted by molar-refractivity contribution is 5.47. The zero-order valence-electron chi connectivity index (χ0n) is 11.7. The largest absolute Gasteiger partial charge is 0.508 e. The normalized spacial score (nSPS) is 10.8. The van der Waals surface area contributed by atoms with Crippen LogP contribution in [-0.2, 0) is 12.0 Å². The molecule has 0 amide bonds. The Balaban J connectivity index is 2.03. The lowest BCUT2D eigenvalue weighted by Crippen LogP contribution is -2.13. The fraction of sp³-hybridized carbons (Fsp3) is 0.235. The van der Waals surface area contributed by atoms with E-state index in [-0.39, 0.29) is 5.75 Å². The number of nitrogens with zero attached hydrogens (tertiary/aromatic N) is 1. The lowest BCUT2D eigenvalue weighted by molar-refractivity contribution is 0.474. The van der Waals surface area contributed by atoms with Gasteiger partial charge in [-0.25, -0.2) is 0 Å². The third-order valence-electron chi connectivity index (χ3n) is 3.29. The van der Waals surface area contributed by atoms with E-state index in [1.54, 1.807) is 12.1 Å². The number of nitriles is 1. The first-order valence-corrected chi connectivity index (χ1v) is 6.55. The Labute approximate surface area is 119 Å². The number of hydrogen-bond donors (Lipinski definition) is 2. The highest BCUT2D eigenvalue weighted by Gasteiger charge is 2.18. The molecule has 0 fully saturated rings. The third kappa shape index (κ3) is 3.30. The second-order valence-corrected chi connectivity index (χ2v) is 5.34. The van der Waals surface area contributed by atoms with Crippen molar-refractivity contribution in [1.82, 2.24) is 0 Å². The summed E-state index contributed by atoms with van der Waals surface area (Å²) in [6.45, 7) is 4.46. The van der Waals surface area contributed by atoms with Gasteiger partial charge >= 0.3 is 0 Å². The van der Waals surface area contributed by atoms with Crippen molar-refractivity contribution in [2.24, 2.45) is 0 Å². The molecule has 3 nitrogen and oxygen atoms in total. The van der Waals surface area contributed by atoms with E-state index in [2.05, 4.69) is 11.4 Å². The summed E-state index contributed by atoms with van der Waals surface area (Å²) >= 11 is 0. The average Bonchev–Trinajstić information content (AvgIpc) is 2.46. The van der Waals surface area contributed by atoms with Gasteiger partial charge in [-0.15, -0.1) is 0 Å². The van der Waals surface area contributed by atoms with Gasteiger partial charge in [0.25, 0.3) is 0 Å². The van der Waals surface area contributed by atoms with Gasteiger partial charge in [0, 0.05) is 12.2 Å². The topological polar surface area (TPSA) is 56.0 Å². The maximum absolute atomic E-state index is 9.40. The number of hydrogen-bond acceptors (Lipinski definition) is 3. The molecule has 0 aromatic heterocycles. The van der Waals surface area contributed by atoms with Gasteiger partial charge in [0.1, 0.15) is 5.75 Å². The molecule has 0 radical (unpaired) electrons. The number of benzene rings is 2. The quantitative estimate of drug-likeness (QED) is 0.884. The van der Waals surface area contributed by atoms with E-state index in [9.17, 15) is 5.11 Å². The zero-order valence-corrected chi connectivity index (χ0v) is 11.7. The predicted molar refractivity (Wildman–Crippen MR) is 80.5 cm³/mol. The van der Waals surface area contributed by atoms with Crippen LogP contribution in [0.5, 0.6) is 5.75 Å².